The SMILES string of the molecule is CCn1c(-c2ccc(-c3ccc(-c4ccc(-c5n(CC)c6cc(C)ccc6[n+]5CC)cc4)cc3)cc2)[n+](CC)c2ccc(C)cc21. The van der Waals surface area contributed by atoms with Crippen LogP contribution in [0.4, 0.5) is 0 Å². The molecular weight excluding hydrogens is 560 g/mol. The zero-order valence-corrected chi connectivity index (χ0v) is 28.0. The van der Waals surface area contributed by atoms with Crippen LogP contribution in [0.25, 0.3) is 67.1 Å². The van der Waals surface area contributed by atoms with Crippen molar-refractivity contribution in [2.45, 2.75) is 67.7 Å². The molecule has 0 aliphatic carbocycles. The van der Waals surface area contributed by atoms with Crippen molar-refractivity contribution in [1.29, 1.82) is 0 Å². The highest BCUT2D eigenvalue weighted by molar-refractivity contribution is 5.79. The van der Waals surface area contributed by atoms with Gasteiger partial charge in [0.2, 0.25) is 0 Å². The smallest absolute Gasteiger partial charge is 0.223 e. The van der Waals surface area contributed by atoms with Crippen molar-refractivity contribution in [3.8, 4) is 45.0 Å². The molecule has 7 aromatic rings. The summed E-state index contributed by atoms with van der Waals surface area (Å²) >= 11 is 0. The molecule has 230 valence electrons. The Bertz CT molecular complexity index is 2020. The number of hydrogen-bond donors (Lipinski definition) is 0. The number of aryl methyl sites for hydroxylation is 6. The third kappa shape index (κ3) is 4.93. The van der Waals surface area contributed by atoms with E-state index in [0.717, 1.165) is 26.2 Å². The second-order valence-electron chi connectivity index (χ2n) is 12.3. The molecule has 5 aromatic carbocycles. The van der Waals surface area contributed by atoms with Crippen molar-refractivity contribution < 1.29 is 9.13 Å². The van der Waals surface area contributed by atoms with Crippen molar-refractivity contribution in [1.82, 2.24) is 9.13 Å². The van der Waals surface area contributed by atoms with Gasteiger partial charge in [-0.05, 0) is 123 Å². The Kier molecular flexibility index (Phi) is 7.82. The molecule has 4 nitrogen and oxygen atoms in total. The number of imidazole rings is 2. The predicted octanol–water partition coefficient (Wildman–Crippen LogP) is 9.54. The van der Waals surface area contributed by atoms with E-state index in [2.05, 4.69) is 169 Å². The summed E-state index contributed by atoms with van der Waals surface area (Å²) in [5, 5.41) is 0. The van der Waals surface area contributed by atoms with Gasteiger partial charge in [0.25, 0.3) is 11.6 Å². The van der Waals surface area contributed by atoms with Crippen LogP contribution in [0.15, 0.2) is 109 Å². The quantitative estimate of drug-likeness (QED) is 0.154. The van der Waals surface area contributed by atoms with Gasteiger partial charge in [-0.15, -0.1) is 0 Å². The minimum Gasteiger partial charge on any atom is -0.223 e. The predicted molar refractivity (Wildman–Crippen MR) is 192 cm³/mol. The lowest BCUT2D eigenvalue weighted by atomic mass is 9.99. The standard InChI is InChI=1S/C42H44N4/c1-7-43-37-25-11-29(5)27-39(37)45(9-3)41(43)35-21-17-33(18-22-35)31-13-15-32(16-14-31)34-19-23-36(24-20-34)42-44(8-2)38-26-12-30(6)28-40(38)46(42)10-4/h11-28H,7-10H2,1-6H3/q+2. The Balaban J connectivity index is 1.17. The summed E-state index contributed by atoms with van der Waals surface area (Å²) in [6.45, 7) is 17.0. The molecule has 4 heteroatoms. The summed E-state index contributed by atoms with van der Waals surface area (Å²) in [4.78, 5) is 0. The second-order valence-corrected chi connectivity index (χ2v) is 12.3. The lowest BCUT2D eigenvalue weighted by Crippen LogP contribution is -2.34. The van der Waals surface area contributed by atoms with Crippen molar-refractivity contribution >= 4 is 22.1 Å². The first kappa shape index (κ1) is 29.7. The van der Waals surface area contributed by atoms with Gasteiger partial charge < -0.3 is 0 Å². The summed E-state index contributed by atoms with van der Waals surface area (Å²) in [5.74, 6) is 2.55. The van der Waals surface area contributed by atoms with Gasteiger partial charge in [0, 0.05) is 0 Å². The highest BCUT2D eigenvalue weighted by Gasteiger charge is 2.26. The van der Waals surface area contributed by atoms with E-state index in [9.17, 15) is 0 Å². The van der Waals surface area contributed by atoms with Gasteiger partial charge in [0.1, 0.15) is 0 Å². The molecule has 0 aliphatic rings. The van der Waals surface area contributed by atoms with Crippen LogP contribution < -0.4 is 9.13 Å². The summed E-state index contributed by atoms with van der Waals surface area (Å²) in [6.07, 6.45) is 0. The van der Waals surface area contributed by atoms with E-state index < -0.39 is 0 Å². The molecule has 2 aromatic heterocycles. The number of fused-ring (bicyclic) bond motifs is 2. The molecule has 0 radical (unpaired) electrons. The Labute approximate surface area is 272 Å². The molecule has 7 rings (SSSR count). The van der Waals surface area contributed by atoms with Crippen molar-refractivity contribution in [3.63, 3.8) is 0 Å². The van der Waals surface area contributed by atoms with Crippen LogP contribution in [0.3, 0.4) is 0 Å². The molecule has 0 N–H and O–H groups in total. The maximum absolute atomic E-state index is 2.45. The highest BCUT2D eigenvalue weighted by Crippen LogP contribution is 2.31. The topological polar surface area (TPSA) is 17.6 Å². The average molecular weight is 605 g/mol. The van der Waals surface area contributed by atoms with E-state index >= 15 is 0 Å². The number of aromatic nitrogens is 4. The Morgan fingerprint density at radius 2 is 0.717 bits per heavy atom. The lowest BCUT2D eigenvalue weighted by molar-refractivity contribution is -0.657. The van der Waals surface area contributed by atoms with Crippen LogP contribution in [0.2, 0.25) is 0 Å². The highest BCUT2D eigenvalue weighted by atomic mass is 15.2. The van der Waals surface area contributed by atoms with Gasteiger partial charge in [0.15, 0.2) is 22.1 Å². The van der Waals surface area contributed by atoms with Crippen LogP contribution in [0.1, 0.15) is 38.8 Å². The van der Waals surface area contributed by atoms with E-state index in [4.69, 9.17) is 0 Å². The van der Waals surface area contributed by atoms with E-state index in [1.165, 1.54) is 78.2 Å². The fourth-order valence-corrected chi connectivity index (χ4v) is 7.29. The van der Waals surface area contributed by atoms with Gasteiger partial charge >= 0.3 is 0 Å². The normalized spacial score (nSPS) is 11.6. The molecule has 0 amide bonds. The maximum Gasteiger partial charge on any atom is 0.289 e. The molecule has 0 saturated carbocycles. The monoisotopic (exact) mass is 604 g/mol. The molecule has 2 heterocycles. The minimum absolute atomic E-state index is 0.937. The number of nitrogens with zero attached hydrogens (tertiary/aromatic N) is 4. The van der Waals surface area contributed by atoms with E-state index in [1.807, 2.05) is 0 Å². The van der Waals surface area contributed by atoms with E-state index in [0.29, 0.717) is 0 Å². The van der Waals surface area contributed by atoms with Crippen LogP contribution >= 0.6 is 0 Å². The van der Waals surface area contributed by atoms with E-state index in [1.54, 1.807) is 0 Å². The van der Waals surface area contributed by atoms with Gasteiger partial charge in [-0.25, -0.2) is 18.3 Å². The zero-order chi connectivity index (χ0) is 31.9. The van der Waals surface area contributed by atoms with Gasteiger partial charge in [-0.2, -0.15) is 0 Å². The van der Waals surface area contributed by atoms with Crippen LogP contribution in [0.5, 0.6) is 0 Å². The number of rotatable bonds is 8. The third-order valence-electron chi connectivity index (χ3n) is 9.55. The molecule has 0 bridgehead atoms. The maximum atomic E-state index is 2.45. The lowest BCUT2D eigenvalue weighted by Gasteiger charge is -2.08. The van der Waals surface area contributed by atoms with Crippen LogP contribution in [0, 0.1) is 13.8 Å². The van der Waals surface area contributed by atoms with Gasteiger partial charge in [-0.1, -0.05) is 60.7 Å². The molecule has 0 saturated heterocycles. The molecular formula is C42H44N4+2. The Morgan fingerprint density at radius 1 is 0.413 bits per heavy atom. The summed E-state index contributed by atoms with van der Waals surface area (Å²) in [7, 11) is 0. The van der Waals surface area contributed by atoms with Crippen molar-refractivity contribution in [3.05, 3.63) is 120 Å². The molecule has 0 spiro atoms. The Hall–Kier alpha value is -4.96. The number of benzene rings is 5. The summed E-state index contributed by atoms with van der Waals surface area (Å²) < 4.78 is 9.78. The first-order chi connectivity index (χ1) is 22.4. The first-order valence-electron chi connectivity index (χ1n) is 16.8. The van der Waals surface area contributed by atoms with Crippen molar-refractivity contribution in [2.75, 3.05) is 0 Å². The summed E-state index contributed by atoms with van der Waals surface area (Å²) in [6, 6.07) is 40.7. The van der Waals surface area contributed by atoms with Crippen molar-refractivity contribution in [2.24, 2.45) is 0 Å². The molecule has 0 fully saturated rings. The first-order valence-corrected chi connectivity index (χ1v) is 16.8. The molecule has 0 aliphatic heterocycles. The fourth-order valence-electron chi connectivity index (χ4n) is 7.29. The molecule has 0 atom stereocenters. The molecule has 0 unspecified atom stereocenters. The van der Waals surface area contributed by atoms with E-state index in [-0.39, 0.29) is 0 Å². The van der Waals surface area contributed by atoms with Gasteiger partial charge in [-0.3, -0.25) is 0 Å². The molecule has 46 heavy (non-hydrogen) atoms. The summed E-state index contributed by atoms with van der Waals surface area (Å²) in [5.41, 5.74) is 15.2. The van der Waals surface area contributed by atoms with Crippen LogP contribution in [-0.4, -0.2) is 9.13 Å². The number of hydrogen-bond acceptors (Lipinski definition) is 0. The van der Waals surface area contributed by atoms with Crippen LogP contribution in [-0.2, 0) is 26.2 Å². The second kappa shape index (κ2) is 12.1. The zero-order valence-electron chi connectivity index (χ0n) is 28.0. The third-order valence-corrected chi connectivity index (χ3v) is 9.55. The average Bonchev–Trinajstić information content (AvgIpc) is 3.59. The fraction of sp³-hybridized carbons (Fsp3) is 0.238. The minimum atomic E-state index is 0.937. The largest absolute Gasteiger partial charge is 0.289 e. The van der Waals surface area contributed by atoms with Gasteiger partial charge in [0.05, 0.1) is 37.3 Å². The Morgan fingerprint density at radius 3 is 1.00 bits per heavy atom.